The fourth-order valence-corrected chi connectivity index (χ4v) is 1.68. The highest BCUT2D eigenvalue weighted by Crippen LogP contribution is 2.15. The summed E-state index contributed by atoms with van der Waals surface area (Å²) in [6, 6.07) is 15.6. The van der Waals surface area contributed by atoms with Crippen molar-refractivity contribution in [2.24, 2.45) is 0 Å². The van der Waals surface area contributed by atoms with E-state index in [1.807, 2.05) is 12.1 Å². The topological polar surface area (TPSA) is 79.0 Å². The molecule has 1 N–H and O–H groups in total. The Labute approximate surface area is 110 Å². The van der Waals surface area contributed by atoms with E-state index in [1.54, 1.807) is 24.3 Å². The minimum atomic E-state index is -0.417. The molecule has 2 aromatic carbocycles. The van der Waals surface area contributed by atoms with Crippen molar-refractivity contribution >= 4 is 11.4 Å². The summed E-state index contributed by atoms with van der Waals surface area (Å²) in [4.78, 5) is 10.2. The third kappa shape index (κ3) is 3.30. The van der Waals surface area contributed by atoms with Crippen LogP contribution in [0, 0.1) is 21.4 Å². The second-order valence-corrected chi connectivity index (χ2v) is 3.97. The van der Waals surface area contributed by atoms with E-state index in [0.29, 0.717) is 12.1 Å². The molecule has 19 heavy (non-hydrogen) atoms. The first-order chi connectivity index (χ1) is 9.19. The van der Waals surface area contributed by atoms with Crippen LogP contribution in [0.25, 0.3) is 0 Å². The number of hydrogen-bond acceptors (Lipinski definition) is 4. The van der Waals surface area contributed by atoms with Crippen LogP contribution < -0.4 is 5.32 Å². The zero-order valence-corrected chi connectivity index (χ0v) is 10.0. The summed E-state index contributed by atoms with van der Waals surface area (Å²) in [5.74, 6) is 0. The van der Waals surface area contributed by atoms with Crippen LogP contribution in [-0.2, 0) is 6.54 Å². The molecular formula is C14H11N3O2. The Hall–Kier alpha value is -2.87. The summed E-state index contributed by atoms with van der Waals surface area (Å²) >= 11 is 0. The van der Waals surface area contributed by atoms with Crippen molar-refractivity contribution in [2.75, 3.05) is 5.32 Å². The van der Waals surface area contributed by atoms with Crippen LogP contribution in [0.3, 0.4) is 0 Å². The van der Waals surface area contributed by atoms with E-state index < -0.39 is 4.92 Å². The lowest BCUT2D eigenvalue weighted by Crippen LogP contribution is -2.00. The van der Waals surface area contributed by atoms with Crippen LogP contribution in [0.4, 0.5) is 11.4 Å². The molecule has 0 amide bonds. The molecule has 5 nitrogen and oxygen atoms in total. The maximum atomic E-state index is 10.7. The van der Waals surface area contributed by atoms with Crippen LogP contribution in [-0.4, -0.2) is 4.92 Å². The molecule has 0 aromatic heterocycles. The van der Waals surface area contributed by atoms with Crippen LogP contribution in [0.1, 0.15) is 11.1 Å². The average molecular weight is 253 g/mol. The number of non-ortho nitro benzene ring substituents is 1. The number of hydrogen-bond donors (Lipinski definition) is 1. The van der Waals surface area contributed by atoms with Crippen LogP contribution >= 0.6 is 0 Å². The first kappa shape index (κ1) is 12.6. The van der Waals surface area contributed by atoms with E-state index in [0.717, 1.165) is 11.3 Å². The summed E-state index contributed by atoms with van der Waals surface area (Å²) in [6.45, 7) is 0.469. The molecular weight excluding hydrogens is 242 g/mol. The van der Waals surface area contributed by atoms with E-state index in [4.69, 9.17) is 5.26 Å². The lowest BCUT2D eigenvalue weighted by molar-refractivity contribution is -0.384. The maximum Gasteiger partial charge on any atom is 0.269 e. The minimum Gasteiger partial charge on any atom is -0.381 e. The van der Waals surface area contributed by atoms with Gasteiger partial charge in [-0.1, -0.05) is 18.2 Å². The molecule has 0 aliphatic heterocycles. The van der Waals surface area contributed by atoms with Gasteiger partial charge in [-0.2, -0.15) is 5.26 Å². The van der Waals surface area contributed by atoms with Crippen molar-refractivity contribution < 1.29 is 4.92 Å². The van der Waals surface area contributed by atoms with E-state index in [1.165, 1.54) is 12.1 Å². The SMILES string of the molecule is N#Cc1cccc(NCc2cccc([N+](=O)[O-])c2)c1. The predicted octanol–water partition coefficient (Wildman–Crippen LogP) is 3.08. The molecule has 2 aromatic rings. The smallest absolute Gasteiger partial charge is 0.269 e. The third-order valence-electron chi connectivity index (χ3n) is 2.61. The number of nitrogens with one attached hydrogen (secondary N) is 1. The Morgan fingerprint density at radius 3 is 2.74 bits per heavy atom. The summed E-state index contributed by atoms with van der Waals surface area (Å²) in [6.07, 6.45) is 0. The van der Waals surface area contributed by atoms with Gasteiger partial charge in [0.05, 0.1) is 16.6 Å². The van der Waals surface area contributed by atoms with Gasteiger partial charge < -0.3 is 5.32 Å². The van der Waals surface area contributed by atoms with Crippen molar-refractivity contribution in [3.8, 4) is 6.07 Å². The molecule has 5 heteroatoms. The number of nitrogens with zero attached hydrogens (tertiary/aromatic N) is 2. The molecule has 0 saturated carbocycles. The number of nitriles is 1. The monoisotopic (exact) mass is 253 g/mol. The Bertz CT molecular complexity index is 647. The third-order valence-corrected chi connectivity index (χ3v) is 2.61. The number of rotatable bonds is 4. The van der Waals surface area contributed by atoms with Crippen LogP contribution in [0.2, 0.25) is 0 Å². The highest BCUT2D eigenvalue weighted by atomic mass is 16.6. The maximum absolute atomic E-state index is 10.7. The fraction of sp³-hybridized carbons (Fsp3) is 0.0714. The van der Waals surface area contributed by atoms with Crippen molar-refractivity contribution in [3.63, 3.8) is 0 Å². The van der Waals surface area contributed by atoms with Gasteiger partial charge in [0.25, 0.3) is 5.69 Å². The summed E-state index contributed by atoms with van der Waals surface area (Å²) < 4.78 is 0. The normalized spacial score (nSPS) is 9.63. The first-order valence-corrected chi connectivity index (χ1v) is 5.66. The second kappa shape index (κ2) is 5.65. The van der Waals surface area contributed by atoms with Gasteiger partial charge >= 0.3 is 0 Å². The van der Waals surface area contributed by atoms with Gasteiger partial charge in [0, 0.05) is 24.4 Å². The Morgan fingerprint density at radius 2 is 2.00 bits per heavy atom. The minimum absolute atomic E-state index is 0.0741. The number of anilines is 1. The van der Waals surface area contributed by atoms with Crippen LogP contribution in [0.15, 0.2) is 48.5 Å². The van der Waals surface area contributed by atoms with Crippen molar-refractivity contribution in [2.45, 2.75) is 6.54 Å². The summed E-state index contributed by atoms with van der Waals surface area (Å²) in [5.41, 5.74) is 2.27. The zero-order chi connectivity index (χ0) is 13.7. The van der Waals surface area contributed by atoms with Gasteiger partial charge in [0.15, 0.2) is 0 Å². The van der Waals surface area contributed by atoms with Crippen molar-refractivity contribution in [3.05, 3.63) is 69.8 Å². The molecule has 0 heterocycles. The predicted molar refractivity (Wildman–Crippen MR) is 71.6 cm³/mol. The summed E-state index contributed by atoms with van der Waals surface area (Å²) in [5, 5.41) is 22.6. The molecule has 0 radical (unpaired) electrons. The molecule has 94 valence electrons. The van der Waals surface area contributed by atoms with Gasteiger partial charge in [-0.3, -0.25) is 10.1 Å². The Morgan fingerprint density at radius 1 is 1.21 bits per heavy atom. The highest BCUT2D eigenvalue weighted by molar-refractivity contribution is 5.49. The quantitative estimate of drug-likeness (QED) is 0.670. The molecule has 0 aliphatic rings. The molecule has 0 aliphatic carbocycles. The molecule has 0 atom stereocenters. The van der Waals surface area contributed by atoms with E-state index in [-0.39, 0.29) is 5.69 Å². The molecule has 0 saturated heterocycles. The van der Waals surface area contributed by atoms with Crippen molar-refractivity contribution in [1.82, 2.24) is 0 Å². The standard InChI is InChI=1S/C14H11N3O2/c15-9-11-3-1-5-13(7-11)16-10-12-4-2-6-14(8-12)17(18)19/h1-8,16H,10H2. The van der Waals surface area contributed by atoms with E-state index >= 15 is 0 Å². The largest absolute Gasteiger partial charge is 0.381 e. The number of nitro groups is 1. The van der Waals surface area contributed by atoms with E-state index in [2.05, 4.69) is 11.4 Å². The Balaban J connectivity index is 2.08. The number of nitro benzene ring substituents is 1. The van der Waals surface area contributed by atoms with Crippen molar-refractivity contribution in [1.29, 1.82) is 5.26 Å². The van der Waals surface area contributed by atoms with Gasteiger partial charge in [-0.25, -0.2) is 0 Å². The Kier molecular flexibility index (Phi) is 3.74. The zero-order valence-electron chi connectivity index (χ0n) is 10.0. The molecule has 0 spiro atoms. The van der Waals surface area contributed by atoms with Gasteiger partial charge in [-0.15, -0.1) is 0 Å². The van der Waals surface area contributed by atoms with Crippen LogP contribution in [0.5, 0.6) is 0 Å². The van der Waals surface area contributed by atoms with Gasteiger partial charge in [0.2, 0.25) is 0 Å². The highest BCUT2D eigenvalue weighted by Gasteiger charge is 2.05. The average Bonchev–Trinajstić information content (AvgIpc) is 2.45. The second-order valence-electron chi connectivity index (χ2n) is 3.97. The molecule has 2 rings (SSSR count). The molecule has 0 fully saturated rings. The van der Waals surface area contributed by atoms with Gasteiger partial charge in [-0.05, 0) is 23.8 Å². The number of benzene rings is 2. The first-order valence-electron chi connectivity index (χ1n) is 5.66. The fourth-order valence-electron chi connectivity index (χ4n) is 1.68. The van der Waals surface area contributed by atoms with E-state index in [9.17, 15) is 10.1 Å². The van der Waals surface area contributed by atoms with Gasteiger partial charge in [0.1, 0.15) is 0 Å². The molecule has 0 bridgehead atoms. The molecule has 0 unspecified atom stereocenters. The lowest BCUT2D eigenvalue weighted by atomic mass is 10.2. The lowest BCUT2D eigenvalue weighted by Gasteiger charge is -2.06. The summed E-state index contributed by atoms with van der Waals surface area (Å²) in [7, 11) is 0.